The van der Waals surface area contributed by atoms with Crippen molar-refractivity contribution >= 4 is 22.9 Å². The molecular weight excluding hydrogens is 237 g/mol. The third kappa shape index (κ3) is 3.06. The summed E-state index contributed by atoms with van der Waals surface area (Å²) >= 11 is 2.21. The highest BCUT2D eigenvalue weighted by atomic mass is 127. The molecule has 0 N–H and O–H groups in total. The molecule has 56 valence electrons. The number of allylic oxidation sites excluding steroid dienone is 3. The number of halogens is 1. The minimum Gasteiger partial charge on any atom is -0.291 e. The second kappa shape index (κ2) is 5.53. The van der Waals surface area contributed by atoms with Crippen molar-refractivity contribution in [2.45, 2.75) is 13.8 Å². The summed E-state index contributed by atoms with van der Waals surface area (Å²) in [5.41, 5.74) is 1.11. The molecule has 0 aliphatic carbocycles. The van der Waals surface area contributed by atoms with Gasteiger partial charge in [0.25, 0.3) is 0 Å². The van der Waals surface area contributed by atoms with Gasteiger partial charge < -0.3 is 0 Å². The minimum atomic E-state index is 1.11. The summed E-state index contributed by atoms with van der Waals surface area (Å²) in [4.78, 5) is 0. The zero-order valence-electron chi connectivity index (χ0n) is 6.34. The summed E-state index contributed by atoms with van der Waals surface area (Å²) in [7, 11) is 0. The maximum Gasteiger partial charge on any atom is 0.0640 e. The standard InChI is InChI=1S/C8H12IN/c1-4-7-10(9)8(5-2)6-3/h4-7H,2H2,1,3H3/b7-4-,8-6-. The van der Waals surface area contributed by atoms with E-state index < -0.39 is 0 Å². The number of rotatable bonds is 3. The van der Waals surface area contributed by atoms with Crippen LogP contribution in [-0.4, -0.2) is 3.11 Å². The van der Waals surface area contributed by atoms with E-state index in [-0.39, 0.29) is 0 Å². The van der Waals surface area contributed by atoms with Gasteiger partial charge in [-0.3, -0.25) is 3.11 Å². The van der Waals surface area contributed by atoms with E-state index in [0.29, 0.717) is 0 Å². The first kappa shape index (κ1) is 9.75. The quantitative estimate of drug-likeness (QED) is 0.421. The zero-order chi connectivity index (χ0) is 7.98. The summed E-state index contributed by atoms with van der Waals surface area (Å²) in [6.45, 7) is 7.67. The lowest BCUT2D eigenvalue weighted by Gasteiger charge is -2.10. The Bertz CT molecular complexity index is 159. The molecule has 0 aromatic heterocycles. The maximum atomic E-state index is 3.69. The van der Waals surface area contributed by atoms with E-state index in [4.69, 9.17) is 0 Å². The Kier molecular flexibility index (Phi) is 5.39. The third-order valence-electron chi connectivity index (χ3n) is 1.03. The molecule has 0 bridgehead atoms. The summed E-state index contributed by atoms with van der Waals surface area (Å²) in [5, 5.41) is 0. The van der Waals surface area contributed by atoms with E-state index in [1.165, 1.54) is 0 Å². The van der Waals surface area contributed by atoms with E-state index in [2.05, 4.69) is 29.4 Å². The smallest absolute Gasteiger partial charge is 0.0640 e. The van der Waals surface area contributed by atoms with Gasteiger partial charge in [0, 0.05) is 11.9 Å². The van der Waals surface area contributed by atoms with Gasteiger partial charge in [0.2, 0.25) is 0 Å². The van der Waals surface area contributed by atoms with Crippen LogP contribution in [0.2, 0.25) is 0 Å². The highest BCUT2D eigenvalue weighted by Gasteiger charge is 1.93. The molecule has 0 aromatic rings. The first-order valence-electron chi connectivity index (χ1n) is 3.12. The fraction of sp³-hybridized carbons (Fsp3) is 0.250. The number of hydrogen-bond acceptors (Lipinski definition) is 1. The van der Waals surface area contributed by atoms with Crippen molar-refractivity contribution in [3.8, 4) is 0 Å². The van der Waals surface area contributed by atoms with E-state index in [0.717, 1.165) is 5.70 Å². The Hall–Kier alpha value is -0.250. The monoisotopic (exact) mass is 249 g/mol. The van der Waals surface area contributed by atoms with E-state index in [1.807, 2.05) is 41.4 Å². The molecule has 0 amide bonds. The average Bonchev–Trinajstić information content (AvgIpc) is 1.91. The maximum absolute atomic E-state index is 3.69. The van der Waals surface area contributed by atoms with Gasteiger partial charge in [-0.05, 0) is 19.9 Å². The van der Waals surface area contributed by atoms with Gasteiger partial charge in [-0.25, -0.2) is 0 Å². The van der Waals surface area contributed by atoms with Gasteiger partial charge in [-0.2, -0.15) is 0 Å². The second-order valence-corrected chi connectivity index (χ2v) is 2.75. The molecule has 0 unspecified atom stereocenters. The first-order chi connectivity index (χ1) is 4.76. The van der Waals surface area contributed by atoms with Crippen LogP contribution in [-0.2, 0) is 0 Å². The average molecular weight is 249 g/mol. The van der Waals surface area contributed by atoms with Crippen molar-refractivity contribution in [1.82, 2.24) is 3.11 Å². The molecule has 0 atom stereocenters. The van der Waals surface area contributed by atoms with Crippen LogP contribution in [0.15, 0.2) is 36.7 Å². The van der Waals surface area contributed by atoms with Crippen molar-refractivity contribution < 1.29 is 0 Å². The van der Waals surface area contributed by atoms with Gasteiger partial charge >= 0.3 is 0 Å². The van der Waals surface area contributed by atoms with Crippen LogP contribution in [0, 0.1) is 0 Å². The molecule has 0 aromatic carbocycles. The SMILES string of the molecule is C=C/C(=C/C)N(I)/C=C\C. The molecule has 2 heteroatoms. The van der Waals surface area contributed by atoms with Crippen LogP contribution in [0.25, 0.3) is 0 Å². The van der Waals surface area contributed by atoms with E-state index >= 15 is 0 Å². The predicted molar refractivity (Wildman–Crippen MR) is 54.6 cm³/mol. The first-order valence-corrected chi connectivity index (χ1v) is 4.09. The molecule has 0 saturated heterocycles. The van der Waals surface area contributed by atoms with Crippen LogP contribution in [0.1, 0.15) is 13.8 Å². The second-order valence-electron chi connectivity index (χ2n) is 1.71. The topological polar surface area (TPSA) is 3.24 Å². The van der Waals surface area contributed by atoms with Crippen molar-refractivity contribution in [2.75, 3.05) is 0 Å². The molecule has 1 nitrogen and oxygen atoms in total. The molecule has 0 aliphatic rings. The Morgan fingerprint density at radius 2 is 2.10 bits per heavy atom. The van der Waals surface area contributed by atoms with Crippen LogP contribution in [0.3, 0.4) is 0 Å². The molecule has 0 fully saturated rings. The van der Waals surface area contributed by atoms with Gasteiger partial charge in [-0.1, -0.05) is 18.7 Å². The largest absolute Gasteiger partial charge is 0.291 e. The Balaban J connectivity index is 4.16. The molecular formula is C8H12IN. The lowest BCUT2D eigenvalue weighted by molar-refractivity contribution is 0.853. The Morgan fingerprint density at radius 1 is 1.50 bits per heavy atom. The number of nitrogens with zero attached hydrogens (tertiary/aromatic N) is 1. The zero-order valence-corrected chi connectivity index (χ0v) is 8.50. The molecule has 0 rings (SSSR count). The summed E-state index contributed by atoms with van der Waals surface area (Å²) in [5.74, 6) is 0. The van der Waals surface area contributed by atoms with Crippen molar-refractivity contribution in [1.29, 1.82) is 0 Å². The normalized spacial score (nSPS) is 12.1. The fourth-order valence-corrected chi connectivity index (χ4v) is 1.34. The number of hydrogen-bond donors (Lipinski definition) is 0. The van der Waals surface area contributed by atoms with E-state index in [9.17, 15) is 0 Å². The predicted octanol–water partition coefficient (Wildman–Crippen LogP) is 3.26. The van der Waals surface area contributed by atoms with Gasteiger partial charge in [0.15, 0.2) is 0 Å². The van der Waals surface area contributed by atoms with Gasteiger partial charge in [-0.15, -0.1) is 0 Å². The van der Waals surface area contributed by atoms with Crippen molar-refractivity contribution in [2.24, 2.45) is 0 Å². The van der Waals surface area contributed by atoms with Crippen LogP contribution >= 0.6 is 22.9 Å². The van der Waals surface area contributed by atoms with E-state index in [1.54, 1.807) is 0 Å². The molecule has 0 saturated carbocycles. The minimum absolute atomic E-state index is 1.11. The van der Waals surface area contributed by atoms with Crippen LogP contribution in [0.4, 0.5) is 0 Å². The van der Waals surface area contributed by atoms with Crippen molar-refractivity contribution in [3.63, 3.8) is 0 Å². The summed E-state index contributed by atoms with van der Waals surface area (Å²) < 4.78 is 1.99. The Morgan fingerprint density at radius 3 is 2.40 bits per heavy atom. The van der Waals surface area contributed by atoms with Gasteiger partial charge in [0.1, 0.15) is 0 Å². The molecule has 0 radical (unpaired) electrons. The summed E-state index contributed by atoms with van der Waals surface area (Å²) in [6, 6.07) is 0. The summed E-state index contributed by atoms with van der Waals surface area (Å²) in [6.07, 6.45) is 7.81. The molecule has 10 heavy (non-hydrogen) atoms. The molecule has 0 spiro atoms. The molecule has 0 aliphatic heterocycles. The molecule has 0 heterocycles. The highest BCUT2D eigenvalue weighted by Crippen LogP contribution is 2.11. The van der Waals surface area contributed by atoms with Gasteiger partial charge in [0.05, 0.1) is 22.9 Å². The van der Waals surface area contributed by atoms with Crippen LogP contribution in [0.5, 0.6) is 0 Å². The lowest BCUT2D eigenvalue weighted by atomic mass is 10.4. The third-order valence-corrected chi connectivity index (χ3v) is 1.91. The fourth-order valence-electron chi connectivity index (χ4n) is 0.545. The van der Waals surface area contributed by atoms with Crippen molar-refractivity contribution in [3.05, 3.63) is 36.7 Å². The van der Waals surface area contributed by atoms with Crippen LogP contribution < -0.4 is 0 Å². The highest BCUT2D eigenvalue weighted by molar-refractivity contribution is 14.1. The lowest BCUT2D eigenvalue weighted by Crippen LogP contribution is -1.98. The Labute approximate surface area is 76.6 Å².